The molecule has 4 atom stereocenters. The van der Waals surface area contributed by atoms with Crippen molar-refractivity contribution in [3.05, 3.63) is 225 Å². The monoisotopic (exact) mass is 1990 g/mol. The van der Waals surface area contributed by atoms with Gasteiger partial charge in [-0.25, -0.2) is 13.1 Å². The van der Waals surface area contributed by atoms with Crippen LogP contribution in [-0.2, 0) is 93.3 Å². The van der Waals surface area contributed by atoms with Crippen molar-refractivity contribution in [2.75, 3.05) is 67.1 Å². The number of nitrogens with one attached hydrogen (secondary N) is 5. The Morgan fingerprint density at radius 1 is 0.400 bits per heavy atom. The van der Waals surface area contributed by atoms with Crippen LogP contribution in [0.3, 0.4) is 0 Å². The molecule has 4 amide bonds. The molecule has 8 aromatic carbocycles. The molecule has 140 heavy (non-hydrogen) atoms. The van der Waals surface area contributed by atoms with Crippen molar-refractivity contribution >= 4 is 123 Å². The molecular weight excluding hydrogens is 1870 g/mol. The largest absolute Gasteiger partial charge is 0.586 e. The van der Waals surface area contributed by atoms with Crippen LogP contribution in [0.4, 0.5) is 40.3 Å². The van der Waals surface area contributed by atoms with Gasteiger partial charge in [-0.3, -0.25) is 19.2 Å². The number of anilines is 4. The summed E-state index contributed by atoms with van der Waals surface area (Å²) in [5, 5.41) is 85.6. The Bertz CT molecular complexity index is 6930. The van der Waals surface area contributed by atoms with Gasteiger partial charge < -0.3 is 104 Å². The molecule has 7 heterocycles. The second-order valence-corrected chi connectivity index (χ2v) is 43.8. The lowest BCUT2D eigenvalue weighted by Crippen LogP contribution is -2.34. The quantitative estimate of drug-likeness (QED) is 0.0213. The first-order valence-electron chi connectivity index (χ1n) is 47.1. The van der Waals surface area contributed by atoms with Crippen LogP contribution < -0.4 is 54.4 Å². The number of aliphatic hydroxyl groups excluding tert-OH is 7. The number of aromatic nitrogens is 4. The van der Waals surface area contributed by atoms with Crippen LogP contribution in [0, 0.1) is 0 Å². The fourth-order valence-corrected chi connectivity index (χ4v) is 20.0. The molecule has 5 aliphatic carbocycles. The van der Waals surface area contributed by atoms with E-state index in [-0.39, 0.29) is 98.6 Å². The summed E-state index contributed by atoms with van der Waals surface area (Å²) in [4.78, 5) is 53.2. The number of hydrogen-bond acceptors (Lipinski definition) is 19. The highest BCUT2D eigenvalue weighted by Gasteiger charge is 2.56. The second kappa shape index (κ2) is 38.1. The van der Waals surface area contributed by atoms with E-state index in [4.69, 9.17) is 32.7 Å². The number of halogens is 6. The zero-order valence-corrected chi connectivity index (χ0v) is 81.7. The lowest BCUT2D eigenvalue weighted by molar-refractivity contribution is -0.287. The van der Waals surface area contributed by atoms with Gasteiger partial charge in [-0.15, -0.1) is 17.6 Å². The number of fused-ring (bicyclic) bond motifs is 7. The average molecular weight is 1990 g/mol. The molecule has 28 nitrogen and oxygen atoms in total. The number of carbonyl (C=O) groups excluding carboxylic acids is 4. The number of hydrogen-bond donors (Lipinski definition) is 12. The zero-order chi connectivity index (χ0) is 100. The molecule has 0 unspecified atom stereocenters. The normalized spacial score (nSPS) is 18.1. The first-order valence-corrected chi connectivity index (χ1v) is 49.7. The smallest absolute Gasteiger partial charge is 0.486 e. The third-order valence-corrected chi connectivity index (χ3v) is 28.9. The number of alkyl halides is 4. The Morgan fingerprint density at radius 2 is 0.707 bits per heavy atom. The highest BCUT2D eigenvalue weighted by Crippen LogP contribution is 2.57. The first-order chi connectivity index (χ1) is 66.1. The summed E-state index contributed by atoms with van der Waals surface area (Å²) in [7, 11) is -3.44. The molecular formula is C105H121Cl2F4N9O19S. The topological polar surface area (TPSA) is 379 Å². The minimum atomic E-state index is -3.72. The Kier molecular flexibility index (Phi) is 27.2. The van der Waals surface area contributed by atoms with E-state index in [1.54, 1.807) is 30.3 Å². The van der Waals surface area contributed by atoms with Crippen LogP contribution in [0.2, 0.25) is 10.0 Å². The van der Waals surface area contributed by atoms with Crippen molar-refractivity contribution in [3.8, 4) is 34.5 Å². The molecule has 0 bridgehead atoms. The number of amides is 4. The molecule has 0 radical (unpaired) electrons. The molecule has 20 rings (SSSR count). The maximum absolute atomic E-state index is 13.4. The molecule has 5 saturated carbocycles. The molecule has 4 aromatic heterocycles. The third kappa shape index (κ3) is 21.1. The average Bonchev–Trinajstić information content (AvgIpc) is 1.59. The van der Waals surface area contributed by atoms with Crippen LogP contribution in [0.25, 0.3) is 43.6 Å². The fraction of sp³-hybridized carbons (Fsp3) is 0.429. The summed E-state index contributed by atoms with van der Waals surface area (Å²) in [5.74, 6) is 1.07. The van der Waals surface area contributed by atoms with Crippen molar-refractivity contribution in [2.24, 2.45) is 0 Å². The molecule has 748 valence electrons. The fourth-order valence-electron chi connectivity index (χ4n) is 19.2. The summed E-state index contributed by atoms with van der Waals surface area (Å²) in [6.45, 7) is 20.0. The SMILES string of the molecule is CC(C)(C)c1cc2cc(NC(=O)C3(c4ccc(Cl)c(Cl)c4)CC3)ccc2n1C[C@H](O)CO.CC(C)(C)c1cc2cc(NC(=O)C3(c4ccc5c(c4)OC(F)(F)O5)CC3)ccc2n1C[C@H](O)CNS(C)(=O)=O.CC(C)(C)c1cc2cc(NC(=O)C3(c4ccc5c(c4)OCCO5)CC3)ccc2n1C[C@@H](O)CO.O=C(Nc1ccc2c(c1)cc(C1CCC1)n2C[C@H](O)CO)C1(c2ccc3c(c2)OC(F)(F)O3)CC1.[HH].[HH]. The van der Waals surface area contributed by atoms with Gasteiger partial charge in [0.05, 0.1) is 108 Å². The summed E-state index contributed by atoms with van der Waals surface area (Å²) in [5.41, 5.74) is 10.3. The van der Waals surface area contributed by atoms with Gasteiger partial charge in [0.2, 0.25) is 33.7 Å². The molecule has 3 aliphatic heterocycles. The standard InChI is InChI=1S/C27H31F2N3O6S.C27H32N2O5.C26H26F2N2O5.C25H28Cl2N2O3.2H2/c1-25(2,3)23-12-16-11-18(6-7-20(16)32(23)15-19(33)14-30-39(4,35)36)31-24(34)26(9-10-26)17-5-8-21-22(13-17)38-27(28,29)37-21;1-26(2,3)24-13-17-12-19(5-6-21(17)29(24)15-20(31)16-30)28-25(32)27(8-9-27)18-4-7-22-23(14-18)34-11-10-33-22;27-26(28)34-22-7-4-17(12-23(22)35-26)25(8-9-25)24(33)29-18-5-6-20-16(10-18)11-21(15-2-1-3-15)30(20)13-19(32)14-31;1-24(2,3)22-11-15-10-17(5-7-21(15)29(22)13-18(31)14-30)28-23(32)25(8-9-25)16-4-6-19(26)20(27)12-16;;/h5-8,11-13,19,30,33H,9-10,14-15H2,1-4H3,(H,31,34);4-7,12-14,20,30-31H,8-11,15-16H2,1-3H3,(H,28,32);4-7,10-12,15,19,31-32H,1-3,8-9,13-14H2,(H,29,33);4-7,10-12,18,30-31H,8-9,13-14H2,1-3H3,(H,28,32);2*1H/t19-;20-;19-;18-;;/m1100../s1. The molecule has 0 spiro atoms. The highest BCUT2D eigenvalue weighted by atomic mass is 35.5. The summed E-state index contributed by atoms with van der Waals surface area (Å²) in [6, 6.07) is 51.1. The number of carbonyl (C=O) groups is 4. The van der Waals surface area contributed by atoms with Gasteiger partial charge in [-0.05, 0) is 238 Å². The van der Waals surface area contributed by atoms with Gasteiger partial charge in [0.1, 0.15) is 13.2 Å². The maximum Gasteiger partial charge on any atom is 0.586 e. The third-order valence-electron chi connectivity index (χ3n) is 27.5. The van der Waals surface area contributed by atoms with E-state index >= 15 is 0 Å². The van der Waals surface area contributed by atoms with Crippen LogP contribution in [0.1, 0.15) is 187 Å². The second-order valence-electron chi connectivity index (χ2n) is 41.1. The van der Waals surface area contributed by atoms with Gasteiger partial charge in [-0.1, -0.05) is 116 Å². The van der Waals surface area contributed by atoms with E-state index in [0.29, 0.717) is 108 Å². The number of ether oxygens (including phenoxy) is 6. The van der Waals surface area contributed by atoms with Crippen molar-refractivity contribution in [3.63, 3.8) is 0 Å². The zero-order valence-electron chi connectivity index (χ0n) is 79.4. The Hall–Kier alpha value is -11.5. The van der Waals surface area contributed by atoms with Crippen molar-refractivity contribution in [2.45, 2.75) is 240 Å². The molecule has 0 saturated heterocycles. The summed E-state index contributed by atoms with van der Waals surface area (Å²) < 4.78 is 116. The predicted molar refractivity (Wildman–Crippen MR) is 530 cm³/mol. The van der Waals surface area contributed by atoms with Crippen molar-refractivity contribution < 1.29 is 112 Å². The van der Waals surface area contributed by atoms with E-state index in [1.807, 2.05) is 127 Å². The van der Waals surface area contributed by atoms with Crippen LogP contribution >= 0.6 is 23.2 Å². The number of nitrogens with zero attached hydrogens (tertiary/aromatic N) is 4. The van der Waals surface area contributed by atoms with Crippen molar-refractivity contribution in [1.29, 1.82) is 0 Å². The lowest BCUT2D eigenvalue weighted by atomic mass is 9.83. The van der Waals surface area contributed by atoms with Gasteiger partial charge in [0, 0.05) is 115 Å². The van der Waals surface area contributed by atoms with E-state index < -0.39 is 68.7 Å². The first kappa shape index (κ1) is 100. The molecule has 8 aliphatic rings. The van der Waals surface area contributed by atoms with Gasteiger partial charge in [0.25, 0.3) is 0 Å². The summed E-state index contributed by atoms with van der Waals surface area (Å²) >= 11 is 12.2. The Balaban J connectivity index is 0.000000142. The van der Waals surface area contributed by atoms with E-state index in [1.165, 1.54) is 30.7 Å². The van der Waals surface area contributed by atoms with E-state index in [9.17, 15) is 80.9 Å². The Labute approximate surface area is 820 Å². The number of sulfonamides is 1. The lowest BCUT2D eigenvalue weighted by Gasteiger charge is -2.27. The maximum atomic E-state index is 13.4. The molecule has 35 heteroatoms. The highest BCUT2D eigenvalue weighted by molar-refractivity contribution is 7.88. The van der Waals surface area contributed by atoms with Gasteiger partial charge >= 0.3 is 12.6 Å². The molecule has 12 N–H and O–H groups in total. The van der Waals surface area contributed by atoms with Gasteiger partial charge in [0.15, 0.2) is 34.5 Å². The summed E-state index contributed by atoms with van der Waals surface area (Å²) in [6.07, 6.45) is -1.00. The predicted octanol–water partition coefficient (Wildman–Crippen LogP) is 17.6. The van der Waals surface area contributed by atoms with Crippen molar-refractivity contribution in [1.82, 2.24) is 23.0 Å². The minimum absolute atomic E-state index is 0. The van der Waals surface area contributed by atoms with E-state index in [2.05, 4.69) is 114 Å². The number of benzene rings is 8. The van der Waals surface area contributed by atoms with E-state index in [0.717, 1.165) is 134 Å². The minimum Gasteiger partial charge on any atom is -0.486 e. The number of rotatable bonds is 27. The van der Waals surface area contributed by atoms with Crippen LogP contribution in [-0.4, -0.2) is 169 Å². The Morgan fingerprint density at radius 3 is 1.04 bits per heavy atom. The molecule has 5 fully saturated rings. The molecule has 12 aromatic rings. The van der Waals surface area contributed by atoms with Crippen LogP contribution in [0.15, 0.2) is 170 Å². The van der Waals surface area contributed by atoms with Gasteiger partial charge in [-0.2, -0.15) is 0 Å². The number of aliphatic hydroxyl groups is 7. The van der Waals surface area contributed by atoms with Crippen LogP contribution in [0.5, 0.6) is 34.5 Å².